The van der Waals surface area contributed by atoms with E-state index < -0.39 is 0 Å². The van der Waals surface area contributed by atoms with Crippen molar-refractivity contribution < 1.29 is 4.74 Å². The normalized spacial score (nSPS) is 39.1. The van der Waals surface area contributed by atoms with Gasteiger partial charge < -0.3 is 4.74 Å². The molecule has 9 rings (SSSR count). The van der Waals surface area contributed by atoms with E-state index >= 15 is 0 Å². The van der Waals surface area contributed by atoms with Gasteiger partial charge in [0.15, 0.2) is 0 Å². The zero-order valence-corrected chi connectivity index (χ0v) is 17.2. The Hall–Kier alpha value is -2.86. The van der Waals surface area contributed by atoms with Crippen LogP contribution in [0.2, 0.25) is 0 Å². The van der Waals surface area contributed by atoms with E-state index in [4.69, 9.17) is 4.74 Å². The van der Waals surface area contributed by atoms with E-state index in [9.17, 15) is 9.59 Å². The Morgan fingerprint density at radius 3 is 2.10 bits per heavy atom. The second kappa shape index (κ2) is 5.13. The number of nitrogens with zero attached hydrogens (tertiary/aromatic N) is 3. The summed E-state index contributed by atoms with van der Waals surface area (Å²) in [6, 6.07) is 21.1. The molecule has 6 nitrogen and oxygen atoms in total. The van der Waals surface area contributed by atoms with Crippen molar-refractivity contribution in [1.82, 2.24) is 13.9 Å². The maximum Gasteiger partial charge on any atom is 0.347 e. The molecule has 0 saturated heterocycles. The third-order valence-electron chi connectivity index (χ3n) is 9.25. The van der Waals surface area contributed by atoms with Gasteiger partial charge in [0.05, 0.1) is 18.7 Å². The molecule has 2 aliphatic heterocycles. The van der Waals surface area contributed by atoms with Crippen LogP contribution in [0.3, 0.4) is 0 Å². The SMILES string of the molecule is Cn1c(=O)n2n(c1=O)[C@@H]1[C@@H]3[C@@H]4[C@@H]3[C@@H]3[C@@H]([C@@H]42)[C@]31COC(c1ccccc1)c1ccccc1. The van der Waals surface area contributed by atoms with Gasteiger partial charge in [-0.15, -0.1) is 0 Å². The average molecular weight is 413 g/mol. The van der Waals surface area contributed by atoms with Gasteiger partial charge in [-0.05, 0) is 40.7 Å². The van der Waals surface area contributed by atoms with Crippen LogP contribution in [0.5, 0.6) is 0 Å². The first kappa shape index (κ1) is 16.8. The number of hydrogen-bond donors (Lipinski definition) is 0. The number of hydrogen-bond acceptors (Lipinski definition) is 3. The van der Waals surface area contributed by atoms with Gasteiger partial charge in [-0.1, -0.05) is 60.7 Å². The van der Waals surface area contributed by atoms with Gasteiger partial charge in [0, 0.05) is 12.5 Å². The van der Waals surface area contributed by atoms with Crippen LogP contribution < -0.4 is 11.4 Å². The van der Waals surface area contributed by atoms with Crippen molar-refractivity contribution in [3.63, 3.8) is 0 Å². The minimum atomic E-state index is -0.155. The monoisotopic (exact) mass is 413 g/mol. The molecule has 0 N–H and O–H groups in total. The van der Waals surface area contributed by atoms with Gasteiger partial charge in [0.1, 0.15) is 6.10 Å². The molecule has 2 bridgehead atoms. The number of rotatable bonds is 5. The van der Waals surface area contributed by atoms with Crippen LogP contribution in [0.15, 0.2) is 70.3 Å². The molecule has 31 heavy (non-hydrogen) atoms. The maximum atomic E-state index is 12.9. The van der Waals surface area contributed by atoms with Crippen molar-refractivity contribution in [2.24, 2.45) is 42.1 Å². The molecule has 3 aromatic rings. The van der Waals surface area contributed by atoms with Gasteiger partial charge in [-0.25, -0.2) is 23.5 Å². The molecule has 156 valence electrons. The third kappa shape index (κ3) is 1.68. The Morgan fingerprint density at radius 1 is 0.839 bits per heavy atom. The molecule has 4 fully saturated rings. The molecule has 1 aromatic heterocycles. The molecule has 2 aromatic carbocycles. The van der Waals surface area contributed by atoms with Crippen molar-refractivity contribution in [1.29, 1.82) is 0 Å². The fourth-order valence-electron chi connectivity index (χ4n) is 8.33. The minimum absolute atomic E-state index is 0.0220. The highest BCUT2D eigenvalue weighted by Gasteiger charge is 2.97. The van der Waals surface area contributed by atoms with Crippen molar-refractivity contribution >= 4 is 0 Å². The quantitative estimate of drug-likeness (QED) is 0.645. The molecule has 3 heterocycles. The lowest BCUT2D eigenvalue weighted by Crippen LogP contribution is -2.50. The van der Waals surface area contributed by atoms with E-state index in [0.29, 0.717) is 36.2 Å². The zero-order valence-electron chi connectivity index (χ0n) is 17.2. The first-order chi connectivity index (χ1) is 15.2. The van der Waals surface area contributed by atoms with E-state index in [-0.39, 0.29) is 35.0 Å². The van der Waals surface area contributed by atoms with Crippen molar-refractivity contribution in [2.45, 2.75) is 18.2 Å². The lowest BCUT2D eigenvalue weighted by atomic mass is 9.79. The molecule has 8 atom stereocenters. The summed E-state index contributed by atoms with van der Waals surface area (Å²) in [4.78, 5) is 25.7. The first-order valence-electron chi connectivity index (χ1n) is 11.3. The average Bonchev–Trinajstić information content (AvgIpc) is 3.61. The molecule has 4 aliphatic carbocycles. The molecular weight excluding hydrogens is 390 g/mol. The van der Waals surface area contributed by atoms with Crippen LogP contribution in [0, 0.1) is 35.0 Å². The highest BCUT2D eigenvalue weighted by atomic mass is 16.5. The zero-order chi connectivity index (χ0) is 20.6. The van der Waals surface area contributed by atoms with Gasteiger partial charge in [0.25, 0.3) is 0 Å². The fourth-order valence-corrected chi connectivity index (χ4v) is 8.33. The summed E-state index contributed by atoms with van der Waals surface area (Å²) in [5, 5.41) is 0. The number of ether oxygens (including phenoxy) is 1. The van der Waals surface area contributed by atoms with Crippen LogP contribution in [-0.4, -0.2) is 20.5 Å². The topological polar surface area (TPSA) is 58.2 Å². The van der Waals surface area contributed by atoms with E-state index in [0.717, 1.165) is 11.1 Å². The van der Waals surface area contributed by atoms with Crippen molar-refractivity contribution in [3.8, 4) is 0 Å². The minimum Gasteiger partial charge on any atom is -0.368 e. The molecule has 0 unspecified atom stereocenters. The summed E-state index contributed by atoms with van der Waals surface area (Å²) < 4.78 is 11.7. The standard InChI is InChI=1S/C25H23N3O3/c1-26-23(29)27-20-16-15-17(16)22(28(27)24(26)30)25(18(15)19(20)25)12-31-21(13-8-4-2-5-9-13)14-10-6-3-7-11-14/h2-11,15-22H,12H2,1H3/t15-,16-,17-,18+,19-,20+,22+,25-/m0/s1. The Bertz CT molecular complexity index is 1320. The van der Waals surface area contributed by atoms with E-state index in [1.54, 1.807) is 7.05 Å². The summed E-state index contributed by atoms with van der Waals surface area (Å²) in [6.45, 7) is 0.646. The Kier molecular flexibility index (Phi) is 2.78. The largest absolute Gasteiger partial charge is 0.368 e. The summed E-state index contributed by atoms with van der Waals surface area (Å²) >= 11 is 0. The lowest BCUT2D eigenvalue weighted by Gasteiger charge is -2.43. The Morgan fingerprint density at radius 2 is 1.45 bits per heavy atom. The predicted octanol–water partition coefficient (Wildman–Crippen LogP) is 2.37. The van der Waals surface area contributed by atoms with Gasteiger partial charge in [-0.2, -0.15) is 0 Å². The Labute approximate surface area is 178 Å². The van der Waals surface area contributed by atoms with E-state index in [2.05, 4.69) is 48.5 Å². The molecule has 4 saturated carbocycles. The fraction of sp³-hybridized carbons (Fsp3) is 0.440. The van der Waals surface area contributed by atoms with Crippen molar-refractivity contribution in [3.05, 3.63) is 92.8 Å². The summed E-state index contributed by atoms with van der Waals surface area (Å²) in [5.41, 5.74) is 2.02. The maximum absolute atomic E-state index is 12.9. The van der Waals surface area contributed by atoms with Crippen LogP contribution >= 0.6 is 0 Å². The molecular formula is C25H23N3O3. The summed E-state index contributed by atoms with van der Waals surface area (Å²) in [7, 11) is 1.61. The Balaban J connectivity index is 1.19. The second-order valence-electron chi connectivity index (χ2n) is 10.2. The highest BCUT2D eigenvalue weighted by molar-refractivity contribution is 5.43. The predicted molar refractivity (Wildman–Crippen MR) is 113 cm³/mol. The molecule has 0 amide bonds. The number of benzene rings is 2. The van der Waals surface area contributed by atoms with E-state index in [1.165, 1.54) is 4.57 Å². The van der Waals surface area contributed by atoms with E-state index in [1.807, 2.05) is 21.5 Å². The van der Waals surface area contributed by atoms with Gasteiger partial charge >= 0.3 is 11.4 Å². The van der Waals surface area contributed by atoms with Crippen LogP contribution in [0.1, 0.15) is 29.3 Å². The summed E-state index contributed by atoms with van der Waals surface area (Å²) in [5.74, 6) is 2.97. The van der Waals surface area contributed by atoms with Crippen LogP contribution in [0.4, 0.5) is 0 Å². The number of aromatic nitrogens is 3. The van der Waals surface area contributed by atoms with Crippen LogP contribution in [-0.2, 0) is 11.8 Å². The molecule has 0 radical (unpaired) electrons. The van der Waals surface area contributed by atoms with Crippen molar-refractivity contribution in [2.75, 3.05) is 6.61 Å². The molecule has 0 spiro atoms. The highest BCUT2D eigenvalue weighted by Crippen LogP contribution is 2.97. The first-order valence-corrected chi connectivity index (χ1v) is 11.3. The molecule has 6 aliphatic rings. The van der Waals surface area contributed by atoms with Gasteiger partial charge in [0.2, 0.25) is 0 Å². The second-order valence-corrected chi connectivity index (χ2v) is 10.2. The summed E-state index contributed by atoms with van der Waals surface area (Å²) in [6.07, 6.45) is -0.126. The van der Waals surface area contributed by atoms with Crippen LogP contribution in [0.25, 0.3) is 0 Å². The van der Waals surface area contributed by atoms with Gasteiger partial charge in [-0.3, -0.25) is 0 Å². The third-order valence-corrected chi connectivity index (χ3v) is 9.25. The smallest absolute Gasteiger partial charge is 0.347 e. The lowest BCUT2D eigenvalue weighted by molar-refractivity contribution is -0.0312. The molecule has 6 heteroatoms.